The van der Waals surface area contributed by atoms with Crippen LogP contribution in [0.4, 0.5) is 0 Å². The molecule has 2 fully saturated rings. The van der Waals surface area contributed by atoms with Crippen molar-refractivity contribution in [3.8, 4) is 5.88 Å². The second kappa shape index (κ2) is 8.26. The SMILES string of the molecule is Cn1ccc(CC(=O)N2CCC3(CCOCC3COc3cnccn3)CC2)n1. The molecule has 1 amide bonds. The summed E-state index contributed by atoms with van der Waals surface area (Å²) in [6.07, 6.45) is 10.1. The van der Waals surface area contributed by atoms with Crippen LogP contribution in [0, 0.1) is 11.3 Å². The summed E-state index contributed by atoms with van der Waals surface area (Å²) in [4.78, 5) is 22.9. The molecular weight excluding hydrogens is 358 g/mol. The number of aromatic nitrogens is 4. The summed E-state index contributed by atoms with van der Waals surface area (Å²) in [5.74, 6) is 1.01. The molecule has 28 heavy (non-hydrogen) atoms. The predicted octanol–water partition coefficient (Wildman–Crippen LogP) is 1.48. The van der Waals surface area contributed by atoms with E-state index >= 15 is 0 Å². The molecule has 0 aliphatic carbocycles. The van der Waals surface area contributed by atoms with Gasteiger partial charge in [-0.3, -0.25) is 14.5 Å². The van der Waals surface area contributed by atoms with Crippen molar-refractivity contribution < 1.29 is 14.3 Å². The van der Waals surface area contributed by atoms with Gasteiger partial charge in [-0.2, -0.15) is 5.10 Å². The minimum Gasteiger partial charge on any atom is -0.476 e. The van der Waals surface area contributed by atoms with Gasteiger partial charge in [0, 0.05) is 51.3 Å². The number of ether oxygens (including phenoxy) is 2. The van der Waals surface area contributed by atoms with Crippen molar-refractivity contribution in [2.24, 2.45) is 18.4 Å². The zero-order chi connectivity index (χ0) is 19.4. The average molecular weight is 385 g/mol. The molecule has 8 heteroatoms. The van der Waals surface area contributed by atoms with Gasteiger partial charge >= 0.3 is 0 Å². The molecule has 2 aromatic heterocycles. The van der Waals surface area contributed by atoms with Crippen molar-refractivity contribution >= 4 is 5.91 Å². The number of hydrogen-bond donors (Lipinski definition) is 0. The molecule has 2 aromatic rings. The lowest BCUT2D eigenvalue weighted by atomic mass is 9.66. The second-order valence-corrected chi connectivity index (χ2v) is 7.78. The zero-order valence-corrected chi connectivity index (χ0v) is 16.3. The monoisotopic (exact) mass is 385 g/mol. The lowest BCUT2D eigenvalue weighted by Gasteiger charge is -2.48. The topological polar surface area (TPSA) is 82.4 Å². The molecule has 2 aliphatic heterocycles. The first-order valence-corrected chi connectivity index (χ1v) is 9.87. The van der Waals surface area contributed by atoms with Crippen LogP contribution >= 0.6 is 0 Å². The van der Waals surface area contributed by atoms with Crippen LogP contribution in [0.1, 0.15) is 25.0 Å². The van der Waals surface area contributed by atoms with Crippen molar-refractivity contribution in [3.63, 3.8) is 0 Å². The van der Waals surface area contributed by atoms with Crippen molar-refractivity contribution in [2.75, 3.05) is 32.9 Å². The Morgan fingerprint density at radius 2 is 2.18 bits per heavy atom. The third-order valence-corrected chi connectivity index (χ3v) is 6.11. The number of likely N-dealkylation sites (tertiary alicyclic amines) is 1. The molecule has 0 bridgehead atoms. The fourth-order valence-corrected chi connectivity index (χ4v) is 4.34. The van der Waals surface area contributed by atoms with Crippen molar-refractivity contribution in [3.05, 3.63) is 36.5 Å². The van der Waals surface area contributed by atoms with Gasteiger partial charge in [-0.25, -0.2) is 4.98 Å². The minimum atomic E-state index is 0.160. The van der Waals surface area contributed by atoms with E-state index in [1.54, 1.807) is 23.3 Å². The van der Waals surface area contributed by atoms with Crippen LogP contribution in [0.2, 0.25) is 0 Å². The first-order chi connectivity index (χ1) is 13.6. The van der Waals surface area contributed by atoms with Crippen LogP contribution in [0.3, 0.4) is 0 Å². The number of carbonyl (C=O) groups excluding carboxylic acids is 1. The summed E-state index contributed by atoms with van der Waals surface area (Å²) >= 11 is 0. The van der Waals surface area contributed by atoms with Gasteiger partial charge in [0.1, 0.15) is 0 Å². The molecule has 1 spiro atoms. The van der Waals surface area contributed by atoms with Crippen LogP contribution in [0.5, 0.6) is 5.88 Å². The standard InChI is InChI=1S/C20H27N5O3/c1-24-8-2-17(23-24)12-19(26)25-9-3-20(4-10-25)5-11-27-14-16(20)15-28-18-13-21-6-7-22-18/h2,6-8,13,16H,3-5,9-12,14-15H2,1H3. The Morgan fingerprint density at radius 3 is 2.89 bits per heavy atom. The highest BCUT2D eigenvalue weighted by molar-refractivity contribution is 5.78. The molecule has 0 saturated carbocycles. The fourth-order valence-electron chi connectivity index (χ4n) is 4.34. The summed E-state index contributed by atoms with van der Waals surface area (Å²) in [6, 6.07) is 1.90. The third kappa shape index (κ3) is 4.16. The summed E-state index contributed by atoms with van der Waals surface area (Å²) in [5, 5.41) is 4.32. The van der Waals surface area contributed by atoms with Crippen molar-refractivity contribution in [2.45, 2.75) is 25.7 Å². The van der Waals surface area contributed by atoms with Gasteiger partial charge in [0.2, 0.25) is 11.8 Å². The molecule has 0 N–H and O–H groups in total. The zero-order valence-electron chi connectivity index (χ0n) is 16.3. The molecule has 2 aliphatic rings. The molecule has 2 saturated heterocycles. The summed E-state index contributed by atoms with van der Waals surface area (Å²) in [5.41, 5.74) is 0.997. The quantitative estimate of drug-likeness (QED) is 0.775. The Labute approximate surface area is 164 Å². The maximum absolute atomic E-state index is 12.7. The van der Waals surface area contributed by atoms with Gasteiger partial charge in [-0.1, -0.05) is 0 Å². The van der Waals surface area contributed by atoms with E-state index in [4.69, 9.17) is 9.47 Å². The molecule has 0 radical (unpaired) electrons. The number of nitrogens with zero attached hydrogens (tertiary/aromatic N) is 5. The Kier molecular flexibility index (Phi) is 5.57. The van der Waals surface area contributed by atoms with Crippen LogP contribution in [-0.2, 0) is 23.0 Å². The molecule has 0 aromatic carbocycles. The number of rotatable bonds is 5. The predicted molar refractivity (Wildman–Crippen MR) is 102 cm³/mol. The summed E-state index contributed by atoms with van der Waals surface area (Å²) in [7, 11) is 1.87. The smallest absolute Gasteiger partial charge is 0.232 e. The number of aryl methyl sites for hydroxylation is 1. The van der Waals surface area contributed by atoms with E-state index in [2.05, 4.69) is 15.1 Å². The maximum atomic E-state index is 12.7. The Hall–Kier alpha value is -2.48. The minimum absolute atomic E-state index is 0.160. The van der Waals surface area contributed by atoms with Crippen LogP contribution < -0.4 is 4.74 Å². The van der Waals surface area contributed by atoms with Gasteiger partial charge in [-0.05, 0) is 30.7 Å². The van der Waals surface area contributed by atoms with E-state index in [1.165, 1.54) is 0 Å². The molecule has 150 valence electrons. The number of piperidine rings is 1. The lowest BCUT2D eigenvalue weighted by molar-refractivity contribution is -0.137. The van der Waals surface area contributed by atoms with E-state index in [0.717, 1.165) is 44.7 Å². The molecule has 1 atom stereocenters. The summed E-state index contributed by atoms with van der Waals surface area (Å²) in [6.45, 7) is 3.62. The highest BCUT2D eigenvalue weighted by Crippen LogP contribution is 2.44. The van der Waals surface area contributed by atoms with Crippen molar-refractivity contribution in [1.29, 1.82) is 0 Å². The van der Waals surface area contributed by atoms with Crippen LogP contribution in [-0.4, -0.2) is 63.5 Å². The summed E-state index contributed by atoms with van der Waals surface area (Å²) < 4.78 is 13.4. The van der Waals surface area contributed by atoms with Gasteiger partial charge in [0.05, 0.1) is 31.5 Å². The fraction of sp³-hybridized carbons (Fsp3) is 0.600. The Morgan fingerprint density at radius 1 is 1.32 bits per heavy atom. The Bertz CT molecular complexity index is 786. The normalized spacial score (nSPS) is 21.6. The first-order valence-electron chi connectivity index (χ1n) is 9.87. The average Bonchev–Trinajstić information content (AvgIpc) is 3.13. The third-order valence-electron chi connectivity index (χ3n) is 6.11. The van der Waals surface area contributed by atoms with E-state index in [1.807, 2.05) is 24.2 Å². The maximum Gasteiger partial charge on any atom is 0.232 e. The number of amides is 1. The largest absolute Gasteiger partial charge is 0.476 e. The van der Waals surface area contributed by atoms with Crippen molar-refractivity contribution in [1.82, 2.24) is 24.6 Å². The van der Waals surface area contributed by atoms with Crippen LogP contribution in [0.25, 0.3) is 0 Å². The number of hydrogen-bond acceptors (Lipinski definition) is 6. The van der Waals surface area contributed by atoms with Gasteiger partial charge in [-0.15, -0.1) is 0 Å². The van der Waals surface area contributed by atoms with Crippen LogP contribution in [0.15, 0.2) is 30.9 Å². The molecule has 4 heterocycles. The molecule has 4 rings (SSSR count). The van der Waals surface area contributed by atoms with E-state index in [-0.39, 0.29) is 11.3 Å². The molecule has 8 nitrogen and oxygen atoms in total. The van der Waals surface area contributed by atoms with E-state index < -0.39 is 0 Å². The second-order valence-electron chi connectivity index (χ2n) is 7.78. The molecular formula is C20H27N5O3. The van der Waals surface area contributed by atoms with Gasteiger partial charge in [0.25, 0.3) is 0 Å². The van der Waals surface area contributed by atoms with Gasteiger partial charge < -0.3 is 14.4 Å². The highest BCUT2D eigenvalue weighted by Gasteiger charge is 2.44. The number of carbonyl (C=O) groups is 1. The first kappa shape index (κ1) is 18.9. The lowest BCUT2D eigenvalue weighted by Crippen LogP contribution is -2.51. The van der Waals surface area contributed by atoms with Gasteiger partial charge in [0.15, 0.2) is 0 Å². The Balaban J connectivity index is 1.34. The highest BCUT2D eigenvalue weighted by atomic mass is 16.5. The van der Waals surface area contributed by atoms with E-state index in [9.17, 15) is 4.79 Å². The van der Waals surface area contributed by atoms with E-state index in [0.29, 0.717) is 31.4 Å². The molecule has 1 unspecified atom stereocenters.